The van der Waals surface area contributed by atoms with Crippen LogP contribution in [0.25, 0.3) is 10.2 Å². The molecule has 114 valence electrons. The van der Waals surface area contributed by atoms with E-state index in [0.717, 1.165) is 34.4 Å². The minimum absolute atomic E-state index is 0.642. The molecule has 0 aliphatic carbocycles. The zero-order valence-corrected chi connectivity index (χ0v) is 13.9. The molecular weight excluding hydrogens is 316 g/mol. The first-order valence-corrected chi connectivity index (χ1v) is 8.31. The van der Waals surface area contributed by atoms with Gasteiger partial charge in [-0.1, -0.05) is 23.7 Å². The summed E-state index contributed by atoms with van der Waals surface area (Å²) in [7, 11) is 2.08. The molecule has 0 saturated heterocycles. The molecule has 0 amide bonds. The summed E-state index contributed by atoms with van der Waals surface area (Å²) >= 11 is 7.60. The van der Waals surface area contributed by atoms with Crippen LogP contribution in [-0.4, -0.2) is 30.1 Å². The normalized spacial score (nSPS) is 11.2. The molecule has 0 radical (unpaired) electrons. The Morgan fingerprint density at radius 2 is 1.91 bits per heavy atom. The summed E-state index contributed by atoms with van der Waals surface area (Å²) in [6.45, 7) is 2.32. The molecule has 3 rings (SSSR count). The van der Waals surface area contributed by atoms with Crippen LogP contribution in [0.5, 0.6) is 5.75 Å². The zero-order chi connectivity index (χ0) is 15.4. The molecule has 22 heavy (non-hydrogen) atoms. The maximum atomic E-state index is 5.85. The molecular formula is C17H17ClN2OS. The van der Waals surface area contributed by atoms with Crippen molar-refractivity contribution in [1.82, 2.24) is 9.88 Å². The van der Waals surface area contributed by atoms with E-state index in [4.69, 9.17) is 16.3 Å². The second kappa shape index (κ2) is 7.09. The third kappa shape index (κ3) is 3.97. The van der Waals surface area contributed by atoms with E-state index in [2.05, 4.69) is 29.1 Å². The summed E-state index contributed by atoms with van der Waals surface area (Å²) in [5.41, 5.74) is 1.08. The predicted octanol–water partition coefficient (Wildman–Crippen LogP) is 4.46. The highest BCUT2D eigenvalue weighted by Crippen LogP contribution is 2.22. The van der Waals surface area contributed by atoms with Crippen LogP contribution in [0.15, 0.2) is 48.5 Å². The summed E-state index contributed by atoms with van der Waals surface area (Å²) < 4.78 is 6.95. The lowest BCUT2D eigenvalue weighted by molar-refractivity contribution is 0.233. The Bertz CT molecular complexity index is 709. The van der Waals surface area contributed by atoms with Gasteiger partial charge in [0.15, 0.2) is 0 Å². The van der Waals surface area contributed by atoms with Gasteiger partial charge in [-0.25, -0.2) is 4.98 Å². The van der Waals surface area contributed by atoms with Gasteiger partial charge in [-0.3, -0.25) is 4.90 Å². The first-order chi connectivity index (χ1) is 10.7. The van der Waals surface area contributed by atoms with Gasteiger partial charge in [-0.2, -0.15) is 0 Å². The molecule has 2 aromatic carbocycles. The molecule has 3 aromatic rings. The standard InChI is InChI=1S/C17H17ClN2OS/c1-20(10-11-21-14-8-6-13(18)7-9-14)12-17-19-15-4-2-3-5-16(15)22-17/h2-9H,10-12H2,1H3. The van der Waals surface area contributed by atoms with Gasteiger partial charge >= 0.3 is 0 Å². The van der Waals surface area contributed by atoms with Crippen LogP contribution >= 0.6 is 22.9 Å². The van der Waals surface area contributed by atoms with Gasteiger partial charge in [-0.05, 0) is 43.4 Å². The van der Waals surface area contributed by atoms with Crippen molar-refractivity contribution in [2.45, 2.75) is 6.54 Å². The molecule has 0 aliphatic rings. The van der Waals surface area contributed by atoms with E-state index in [-0.39, 0.29) is 0 Å². The van der Waals surface area contributed by atoms with E-state index in [0.29, 0.717) is 6.61 Å². The Morgan fingerprint density at radius 3 is 2.68 bits per heavy atom. The Hall–Kier alpha value is -1.62. The van der Waals surface area contributed by atoms with E-state index in [1.807, 2.05) is 36.4 Å². The van der Waals surface area contributed by atoms with Gasteiger partial charge in [-0.15, -0.1) is 11.3 Å². The van der Waals surface area contributed by atoms with Gasteiger partial charge in [0, 0.05) is 11.6 Å². The number of rotatable bonds is 6. The van der Waals surface area contributed by atoms with Crippen LogP contribution in [0.3, 0.4) is 0 Å². The lowest BCUT2D eigenvalue weighted by Crippen LogP contribution is -2.23. The highest BCUT2D eigenvalue weighted by molar-refractivity contribution is 7.18. The summed E-state index contributed by atoms with van der Waals surface area (Å²) in [6, 6.07) is 15.7. The summed E-state index contributed by atoms with van der Waals surface area (Å²) in [5.74, 6) is 0.845. The molecule has 0 N–H and O–H groups in total. The fourth-order valence-electron chi connectivity index (χ4n) is 2.15. The maximum Gasteiger partial charge on any atom is 0.119 e. The Morgan fingerprint density at radius 1 is 1.14 bits per heavy atom. The largest absolute Gasteiger partial charge is 0.492 e. The van der Waals surface area contributed by atoms with Gasteiger partial charge < -0.3 is 4.74 Å². The van der Waals surface area contributed by atoms with E-state index in [9.17, 15) is 0 Å². The van der Waals surface area contributed by atoms with Crippen LogP contribution in [-0.2, 0) is 6.54 Å². The fourth-order valence-corrected chi connectivity index (χ4v) is 3.32. The number of benzene rings is 2. The van der Waals surface area contributed by atoms with Crippen LogP contribution < -0.4 is 4.74 Å². The first kappa shape index (κ1) is 15.3. The fraction of sp³-hybridized carbons (Fsp3) is 0.235. The number of thiazole rings is 1. The number of nitrogens with zero attached hydrogens (tertiary/aromatic N) is 2. The molecule has 1 aromatic heterocycles. The van der Waals surface area contributed by atoms with Crippen LogP contribution in [0.1, 0.15) is 5.01 Å². The molecule has 0 spiro atoms. The zero-order valence-electron chi connectivity index (χ0n) is 12.3. The van der Waals surface area contributed by atoms with Gasteiger partial charge in [0.05, 0.1) is 16.8 Å². The number of aromatic nitrogens is 1. The molecule has 5 heteroatoms. The van der Waals surface area contributed by atoms with E-state index in [1.165, 1.54) is 4.70 Å². The van der Waals surface area contributed by atoms with Crippen molar-refractivity contribution in [3.63, 3.8) is 0 Å². The average Bonchev–Trinajstić information content (AvgIpc) is 2.91. The second-order valence-corrected chi connectivity index (χ2v) is 6.67. The molecule has 0 aliphatic heterocycles. The third-order valence-electron chi connectivity index (χ3n) is 3.30. The van der Waals surface area contributed by atoms with E-state index in [1.54, 1.807) is 11.3 Å². The predicted molar refractivity (Wildman–Crippen MR) is 92.9 cm³/mol. The quantitative estimate of drug-likeness (QED) is 0.666. The van der Waals surface area contributed by atoms with Crippen molar-refractivity contribution in [2.24, 2.45) is 0 Å². The minimum atomic E-state index is 0.642. The Balaban J connectivity index is 1.49. The van der Waals surface area contributed by atoms with Gasteiger partial charge in [0.2, 0.25) is 0 Å². The summed E-state index contributed by atoms with van der Waals surface area (Å²) in [5, 5.41) is 1.86. The van der Waals surface area contributed by atoms with Crippen molar-refractivity contribution >= 4 is 33.2 Å². The van der Waals surface area contributed by atoms with E-state index < -0.39 is 0 Å². The first-order valence-electron chi connectivity index (χ1n) is 7.12. The highest BCUT2D eigenvalue weighted by atomic mass is 35.5. The van der Waals surface area contributed by atoms with Crippen molar-refractivity contribution < 1.29 is 4.74 Å². The molecule has 0 unspecified atom stereocenters. The van der Waals surface area contributed by atoms with Crippen molar-refractivity contribution in [3.8, 4) is 5.75 Å². The molecule has 3 nitrogen and oxygen atoms in total. The molecule has 0 fully saturated rings. The van der Waals surface area contributed by atoms with Gasteiger partial charge in [0.25, 0.3) is 0 Å². The van der Waals surface area contributed by atoms with Crippen molar-refractivity contribution in [3.05, 3.63) is 58.6 Å². The number of fused-ring (bicyclic) bond motifs is 1. The number of ether oxygens (including phenoxy) is 1. The van der Waals surface area contributed by atoms with E-state index >= 15 is 0 Å². The third-order valence-corrected chi connectivity index (χ3v) is 4.57. The number of halogens is 1. The van der Waals surface area contributed by atoms with Crippen LogP contribution in [0, 0.1) is 0 Å². The van der Waals surface area contributed by atoms with Crippen molar-refractivity contribution in [1.29, 1.82) is 0 Å². The Kier molecular flexibility index (Phi) is 4.93. The average molecular weight is 333 g/mol. The lowest BCUT2D eigenvalue weighted by atomic mass is 10.3. The summed E-state index contributed by atoms with van der Waals surface area (Å²) in [4.78, 5) is 6.87. The maximum absolute atomic E-state index is 5.85. The molecule has 0 atom stereocenters. The highest BCUT2D eigenvalue weighted by Gasteiger charge is 2.06. The van der Waals surface area contributed by atoms with Crippen LogP contribution in [0.2, 0.25) is 5.02 Å². The molecule has 0 saturated carbocycles. The topological polar surface area (TPSA) is 25.4 Å². The molecule has 0 bridgehead atoms. The lowest BCUT2D eigenvalue weighted by Gasteiger charge is -2.15. The smallest absolute Gasteiger partial charge is 0.119 e. The monoisotopic (exact) mass is 332 g/mol. The van der Waals surface area contributed by atoms with Gasteiger partial charge in [0.1, 0.15) is 17.4 Å². The number of hydrogen-bond acceptors (Lipinski definition) is 4. The second-order valence-electron chi connectivity index (χ2n) is 5.12. The number of para-hydroxylation sites is 1. The number of likely N-dealkylation sites (N-methyl/N-ethyl adjacent to an activating group) is 1. The Labute approximate surface area is 139 Å². The minimum Gasteiger partial charge on any atom is -0.492 e. The summed E-state index contributed by atoms with van der Waals surface area (Å²) in [6.07, 6.45) is 0. The number of hydrogen-bond donors (Lipinski definition) is 0. The van der Waals surface area contributed by atoms with Crippen molar-refractivity contribution in [2.75, 3.05) is 20.2 Å². The molecule has 1 heterocycles. The SMILES string of the molecule is CN(CCOc1ccc(Cl)cc1)Cc1nc2ccccc2s1. The van der Waals surface area contributed by atoms with Crippen LogP contribution in [0.4, 0.5) is 0 Å².